The van der Waals surface area contributed by atoms with Crippen LogP contribution in [0.2, 0.25) is 0 Å². The number of rotatable bonds is 10. The maximum atomic E-state index is 14.8. The molecule has 0 radical (unpaired) electrons. The van der Waals surface area contributed by atoms with Crippen molar-refractivity contribution >= 4 is 23.1 Å². The molecule has 0 saturated carbocycles. The van der Waals surface area contributed by atoms with Crippen LogP contribution in [-0.2, 0) is 17.5 Å². The number of carbonyl (C=O) groups excluding carboxylic acids is 1. The van der Waals surface area contributed by atoms with Gasteiger partial charge in [0, 0.05) is 56.2 Å². The molecule has 1 aromatic heterocycles. The second-order valence-electron chi connectivity index (χ2n) is 9.88. The van der Waals surface area contributed by atoms with Gasteiger partial charge >= 0.3 is 6.18 Å². The maximum Gasteiger partial charge on any atom is 0.416 e. The standard InChI is InChI=1S/C29H34F4N6O/c1-3-19(2)37-27-9-6-21(16-36-27)20-5-8-26(25(30)14-20)35-17-28(40)38-23-7-4-22(24(15-23)29(31,32)33)18-39-12-10-34-11-13-39/h4-9,14-16,19,34-35H,3,10-13,17-18H2,1-2H3,(H,36,37)(H,38,40). The molecule has 3 aromatic rings. The molecule has 1 atom stereocenters. The molecule has 1 aliphatic heterocycles. The van der Waals surface area contributed by atoms with Gasteiger partial charge in [-0.3, -0.25) is 9.69 Å². The Bertz CT molecular complexity index is 1290. The van der Waals surface area contributed by atoms with Crippen LogP contribution in [0.4, 0.5) is 34.8 Å². The van der Waals surface area contributed by atoms with E-state index >= 15 is 0 Å². The van der Waals surface area contributed by atoms with Crippen LogP contribution in [0.5, 0.6) is 0 Å². The van der Waals surface area contributed by atoms with E-state index in [1.807, 2.05) is 17.0 Å². The SMILES string of the molecule is CCC(C)Nc1ccc(-c2ccc(NCC(=O)Nc3ccc(CN4CCNCC4)c(C(F)(F)F)c3)c(F)c2)cn1. The zero-order valence-corrected chi connectivity index (χ0v) is 22.5. The van der Waals surface area contributed by atoms with Gasteiger partial charge in [0.05, 0.1) is 17.8 Å². The van der Waals surface area contributed by atoms with Crippen molar-refractivity contribution in [3.05, 3.63) is 71.7 Å². The minimum absolute atomic E-state index is 0.0257. The fourth-order valence-corrected chi connectivity index (χ4v) is 4.39. The van der Waals surface area contributed by atoms with Crippen molar-refractivity contribution in [3.8, 4) is 11.1 Å². The fourth-order valence-electron chi connectivity index (χ4n) is 4.39. The van der Waals surface area contributed by atoms with E-state index in [0.29, 0.717) is 18.7 Å². The zero-order valence-electron chi connectivity index (χ0n) is 22.5. The number of hydrogen-bond acceptors (Lipinski definition) is 6. The zero-order chi connectivity index (χ0) is 28.7. The number of alkyl halides is 3. The molecule has 2 heterocycles. The van der Waals surface area contributed by atoms with Gasteiger partial charge in [-0.05, 0) is 60.9 Å². The quantitative estimate of drug-likeness (QED) is 0.244. The van der Waals surface area contributed by atoms with Crippen molar-refractivity contribution in [3.63, 3.8) is 0 Å². The first-order valence-corrected chi connectivity index (χ1v) is 13.3. The third kappa shape index (κ3) is 7.92. The van der Waals surface area contributed by atoms with E-state index in [0.717, 1.165) is 37.0 Å². The van der Waals surface area contributed by atoms with Crippen LogP contribution >= 0.6 is 0 Å². The highest BCUT2D eigenvalue weighted by atomic mass is 19.4. The van der Waals surface area contributed by atoms with Crippen LogP contribution in [0.15, 0.2) is 54.7 Å². The van der Waals surface area contributed by atoms with Crippen LogP contribution in [0.3, 0.4) is 0 Å². The number of pyridine rings is 1. The Labute approximate surface area is 231 Å². The molecule has 40 heavy (non-hydrogen) atoms. The number of halogens is 4. The lowest BCUT2D eigenvalue weighted by Crippen LogP contribution is -2.43. The number of piperazine rings is 1. The third-order valence-electron chi connectivity index (χ3n) is 6.81. The summed E-state index contributed by atoms with van der Waals surface area (Å²) in [7, 11) is 0. The molecule has 214 valence electrons. The monoisotopic (exact) mass is 558 g/mol. The van der Waals surface area contributed by atoms with Crippen LogP contribution in [0.1, 0.15) is 31.4 Å². The van der Waals surface area contributed by atoms with Crippen LogP contribution in [0, 0.1) is 5.82 Å². The predicted octanol–water partition coefficient (Wildman–Crippen LogP) is 5.57. The van der Waals surface area contributed by atoms with E-state index in [-0.39, 0.29) is 36.1 Å². The van der Waals surface area contributed by atoms with Gasteiger partial charge in [-0.2, -0.15) is 13.2 Å². The van der Waals surface area contributed by atoms with Crippen molar-refractivity contribution in [1.82, 2.24) is 15.2 Å². The molecule has 1 aliphatic rings. The van der Waals surface area contributed by atoms with Gasteiger partial charge in [-0.15, -0.1) is 0 Å². The molecule has 1 fully saturated rings. The number of aromatic nitrogens is 1. The lowest BCUT2D eigenvalue weighted by molar-refractivity contribution is -0.138. The summed E-state index contributed by atoms with van der Waals surface area (Å²) < 4.78 is 56.1. The van der Waals surface area contributed by atoms with Crippen molar-refractivity contribution in [1.29, 1.82) is 0 Å². The third-order valence-corrected chi connectivity index (χ3v) is 6.81. The fraction of sp³-hybridized carbons (Fsp3) is 0.379. The van der Waals surface area contributed by atoms with Crippen molar-refractivity contribution in [2.75, 3.05) is 48.7 Å². The van der Waals surface area contributed by atoms with Gasteiger partial charge in [-0.1, -0.05) is 19.1 Å². The number of benzene rings is 2. The minimum Gasteiger partial charge on any atom is -0.374 e. The first-order valence-electron chi connectivity index (χ1n) is 13.3. The van der Waals surface area contributed by atoms with Gasteiger partial charge in [0.25, 0.3) is 0 Å². The first kappa shape index (κ1) is 29.3. The highest BCUT2D eigenvalue weighted by Gasteiger charge is 2.34. The number of amides is 1. The second kappa shape index (κ2) is 13.1. The average Bonchev–Trinajstić information content (AvgIpc) is 2.93. The van der Waals surface area contributed by atoms with Crippen molar-refractivity contribution < 1.29 is 22.4 Å². The molecule has 0 aliphatic carbocycles. The molecule has 0 spiro atoms. The van der Waals surface area contributed by atoms with E-state index in [2.05, 4.69) is 40.1 Å². The largest absolute Gasteiger partial charge is 0.416 e. The molecule has 1 saturated heterocycles. The minimum atomic E-state index is -4.56. The van der Waals surface area contributed by atoms with E-state index in [9.17, 15) is 22.4 Å². The summed E-state index contributed by atoms with van der Waals surface area (Å²) in [5.74, 6) is -0.428. The smallest absolute Gasteiger partial charge is 0.374 e. The van der Waals surface area contributed by atoms with Crippen molar-refractivity contribution in [2.45, 2.75) is 39.0 Å². The van der Waals surface area contributed by atoms with E-state index in [4.69, 9.17) is 0 Å². The summed E-state index contributed by atoms with van der Waals surface area (Å²) >= 11 is 0. The highest BCUT2D eigenvalue weighted by molar-refractivity contribution is 5.94. The number of anilines is 3. The molecule has 0 bridgehead atoms. The summed E-state index contributed by atoms with van der Waals surface area (Å²) in [6.45, 7) is 6.77. The van der Waals surface area contributed by atoms with Crippen LogP contribution in [-0.4, -0.2) is 54.6 Å². The Hall–Kier alpha value is -3.70. The molecule has 4 rings (SSSR count). The number of hydrogen-bond donors (Lipinski definition) is 4. The number of nitrogens with zero attached hydrogens (tertiary/aromatic N) is 2. The molecule has 4 N–H and O–H groups in total. The van der Waals surface area contributed by atoms with Crippen molar-refractivity contribution in [2.24, 2.45) is 0 Å². The van der Waals surface area contributed by atoms with Gasteiger partial charge in [-0.25, -0.2) is 9.37 Å². The molecule has 2 aromatic carbocycles. The molecule has 1 unspecified atom stereocenters. The molecular formula is C29H34F4N6O. The summed E-state index contributed by atoms with van der Waals surface area (Å²) in [6.07, 6.45) is -1.95. The topological polar surface area (TPSA) is 81.3 Å². The normalized spacial score (nSPS) is 14.9. The summed E-state index contributed by atoms with van der Waals surface area (Å²) in [5, 5.41) is 11.6. The Morgan fingerprint density at radius 1 is 1.07 bits per heavy atom. The molecule has 7 nitrogen and oxygen atoms in total. The lowest BCUT2D eigenvalue weighted by atomic mass is 10.0. The lowest BCUT2D eigenvalue weighted by Gasteiger charge is -2.28. The van der Waals surface area contributed by atoms with E-state index in [1.165, 1.54) is 24.3 Å². The highest BCUT2D eigenvalue weighted by Crippen LogP contribution is 2.34. The summed E-state index contributed by atoms with van der Waals surface area (Å²) in [4.78, 5) is 18.8. The Morgan fingerprint density at radius 3 is 2.48 bits per heavy atom. The van der Waals surface area contributed by atoms with Gasteiger partial charge < -0.3 is 21.3 Å². The van der Waals surface area contributed by atoms with Gasteiger partial charge in [0.1, 0.15) is 11.6 Å². The Balaban J connectivity index is 1.36. The predicted molar refractivity (Wildman–Crippen MR) is 150 cm³/mol. The second-order valence-corrected chi connectivity index (χ2v) is 9.88. The van der Waals surface area contributed by atoms with Gasteiger partial charge in [0.15, 0.2) is 0 Å². The van der Waals surface area contributed by atoms with Gasteiger partial charge in [0.2, 0.25) is 5.91 Å². The van der Waals surface area contributed by atoms with Crippen LogP contribution in [0.25, 0.3) is 11.1 Å². The number of nitrogens with one attached hydrogen (secondary N) is 4. The average molecular weight is 559 g/mol. The first-order chi connectivity index (χ1) is 19.1. The molecule has 1 amide bonds. The summed E-state index contributed by atoms with van der Waals surface area (Å²) in [5.41, 5.74) is 0.859. The maximum absolute atomic E-state index is 14.8. The van der Waals surface area contributed by atoms with E-state index < -0.39 is 23.5 Å². The Morgan fingerprint density at radius 2 is 1.82 bits per heavy atom. The molecule has 11 heteroatoms. The molecular weight excluding hydrogens is 524 g/mol. The number of carbonyl (C=O) groups is 1. The van der Waals surface area contributed by atoms with Crippen LogP contribution < -0.4 is 21.3 Å². The summed E-state index contributed by atoms with van der Waals surface area (Å²) in [6, 6.07) is 12.3. The Kier molecular flexibility index (Phi) is 9.59. The van der Waals surface area contributed by atoms with E-state index in [1.54, 1.807) is 12.3 Å².